The van der Waals surface area contributed by atoms with Crippen molar-refractivity contribution >= 4 is 11.9 Å². The Bertz CT molecular complexity index is 519. The molecule has 0 aromatic carbocycles. The van der Waals surface area contributed by atoms with E-state index in [-0.39, 0.29) is 6.04 Å². The summed E-state index contributed by atoms with van der Waals surface area (Å²) in [5, 5.41) is 14.7. The van der Waals surface area contributed by atoms with Gasteiger partial charge >= 0.3 is 6.09 Å². The second-order valence-electron chi connectivity index (χ2n) is 5.66. The van der Waals surface area contributed by atoms with E-state index in [2.05, 4.69) is 20.6 Å². The van der Waals surface area contributed by atoms with Gasteiger partial charge in [-0.1, -0.05) is 0 Å². The zero-order valence-corrected chi connectivity index (χ0v) is 12.8. The second kappa shape index (κ2) is 7.43. The number of hydrogen-bond donors (Lipinski definition) is 2. The number of aromatic nitrogens is 2. The van der Waals surface area contributed by atoms with Crippen LogP contribution in [-0.2, 0) is 4.74 Å². The van der Waals surface area contributed by atoms with Gasteiger partial charge in [0.15, 0.2) is 0 Å². The molecule has 7 heteroatoms. The van der Waals surface area contributed by atoms with Crippen LogP contribution in [0.25, 0.3) is 0 Å². The maximum atomic E-state index is 11.6. The highest BCUT2D eigenvalue weighted by Gasteiger charge is 2.17. The first kappa shape index (κ1) is 16.7. The Morgan fingerprint density at radius 1 is 1.52 bits per heavy atom. The first-order valence-electron chi connectivity index (χ1n) is 6.75. The zero-order valence-electron chi connectivity index (χ0n) is 12.8. The van der Waals surface area contributed by atoms with Gasteiger partial charge in [-0.05, 0) is 34.1 Å². The summed E-state index contributed by atoms with van der Waals surface area (Å²) in [5.74, 6) is 0.497. The molecule has 0 saturated heterocycles. The number of carbonyl (C=O) groups excluding carboxylic acids is 1. The van der Waals surface area contributed by atoms with Crippen LogP contribution < -0.4 is 10.6 Å². The third kappa shape index (κ3) is 6.56. The minimum atomic E-state index is -0.509. The Labute approximate surface area is 124 Å². The largest absolute Gasteiger partial charge is 0.444 e. The standard InChI is InChI=1S/C14H21N5O2/c1-10(19-13(20)21-14(2,3)4)5-6-17-12-11(7-15)8-16-9-18-12/h8-10H,5-6H2,1-4H3,(H,19,20)(H,16,17,18)/t10-/m1/s1. The third-order valence-corrected chi connectivity index (χ3v) is 2.47. The van der Waals surface area contributed by atoms with Crippen molar-refractivity contribution in [3.63, 3.8) is 0 Å². The summed E-state index contributed by atoms with van der Waals surface area (Å²) in [6.07, 6.45) is 3.08. The van der Waals surface area contributed by atoms with E-state index in [1.807, 2.05) is 33.8 Å². The Hall–Kier alpha value is -2.36. The van der Waals surface area contributed by atoms with Crippen molar-refractivity contribution in [2.45, 2.75) is 45.8 Å². The molecule has 0 bridgehead atoms. The van der Waals surface area contributed by atoms with Gasteiger partial charge in [0.05, 0.1) is 6.20 Å². The molecular formula is C14H21N5O2. The third-order valence-electron chi connectivity index (χ3n) is 2.47. The number of carbonyl (C=O) groups is 1. The van der Waals surface area contributed by atoms with Gasteiger partial charge < -0.3 is 15.4 Å². The summed E-state index contributed by atoms with van der Waals surface area (Å²) in [6, 6.07) is 1.96. The van der Waals surface area contributed by atoms with Gasteiger partial charge in [0, 0.05) is 12.6 Å². The van der Waals surface area contributed by atoms with E-state index >= 15 is 0 Å². The number of anilines is 1. The van der Waals surface area contributed by atoms with Crippen LogP contribution in [0.3, 0.4) is 0 Å². The summed E-state index contributed by atoms with van der Waals surface area (Å²) in [7, 11) is 0. The highest BCUT2D eigenvalue weighted by atomic mass is 16.6. The number of nitrogens with zero attached hydrogens (tertiary/aromatic N) is 3. The normalized spacial score (nSPS) is 12.1. The molecule has 0 unspecified atom stereocenters. The van der Waals surface area contributed by atoms with E-state index in [0.717, 1.165) is 0 Å². The van der Waals surface area contributed by atoms with Crippen molar-refractivity contribution in [1.29, 1.82) is 5.26 Å². The minimum absolute atomic E-state index is 0.0558. The van der Waals surface area contributed by atoms with Crippen LogP contribution >= 0.6 is 0 Å². The summed E-state index contributed by atoms with van der Waals surface area (Å²) >= 11 is 0. The first-order valence-corrected chi connectivity index (χ1v) is 6.75. The molecule has 7 nitrogen and oxygen atoms in total. The number of ether oxygens (including phenoxy) is 1. The molecule has 1 amide bonds. The maximum Gasteiger partial charge on any atom is 0.407 e. The maximum absolute atomic E-state index is 11.6. The van der Waals surface area contributed by atoms with Crippen LogP contribution in [0.1, 0.15) is 39.7 Å². The van der Waals surface area contributed by atoms with Crippen LogP contribution in [0, 0.1) is 11.3 Å². The molecular weight excluding hydrogens is 270 g/mol. The molecule has 0 radical (unpaired) electrons. The lowest BCUT2D eigenvalue weighted by Gasteiger charge is -2.22. The highest BCUT2D eigenvalue weighted by molar-refractivity contribution is 5.68. The lowest BCUT2D eigenvalue weighted by Crippen LogP contribution is -2.38. The van der Waals surface area contributed by atoms with Crippen molar-refractivity contribution in [3.05, 3.63) is 18.1 Å². The molecule has 0 aliphatic rings. The first-order chi connectivity index (χ1) is 9.81. The number of nitrogens with one attached hydrogen (secondary N) is 2. The number of rotatable bonds is 5. The summed E-state index contributed by atoms with van der Waals surface area (Å²) in [5.41, 5.74) is -0.115. The van der Waals surface area contributed by atoms with E-state index in [1.165, 1.54) is 12.5 Å². The minimum Gasteiger partial charge on any atom is -0.444 e. The Morgan fingerprint density at radius 2 is 2.24 bits per heavy atom. The van der Waals surface area contributed by atoms with Gasteiger partial charge in [-0.25, -0.2) is 14.8 Å². The van der Waals surface area contributed by atoms with E-state index in [0.29, 0.717) is 24.3 Å². The number of nitriles is 1. The van der Waals surface area contributed by atoms with Crippen molar-refractivity contribution in [2.24, 2.45) is 0 Å². The molecule has 1 atom stereocenters. The van der Waals surface area contributed by atoms with Gasteiger partial charge in [0.1, 0.15) is 29.4 Å². The van der Waals surface area contributed by atoms with E-state index in [1.54, 1.807) is 0 Å². The Balaban J connectivity index is 2.36. The molecule has 0 fully saturated rings. The second-order valence-corrected chi connectivity index (χ2v) is 5.66. The van der Waals surface area contributed by atoms with Gasteiger partial charge in [0.25, 0.3) is 0 Å². The Kier molecular flexibility index (Phi) is 5.91. The lowest BCUT2D eigenvalue weighted by atomic mass is 10.2. The van der Waals surface area contributed by atoms with E-state index < -0.39 is 11.7 Å². The molecule has 1 rings (SSSR count). The lowest BCUT2D eigenvalue weighted by molar-refractivity contribution is 0.0507. The molecule has 0 aliphatic heterocycles. The van der Waals surface area contributed by atoms with Crippen molar-refractivity contribution in [2.75, 3.05) is 11.9 Å². The fourth-order valence-electron chi connectivity index (χ4n) is 1.54. The fraction of sp³-hybridized carbons (Fsp3) is 0.571. The number of amides is 1. The van der Waals surface area contributed by atoms with Crippen molar-refractivity contribution < 1.29 is 9.53 Å². The predicted octanol–water partition coefficient (Wildman–Crippen LogP) is 2.06. The average Bonchev–Trinajstić information content (AvgIpc) is 2.36. The molecule has 21 heavy (non-hydrogen) atoms. The summed E-state index contributed by atoms with van der Waals surface area (Å²) in [4.78, 5) is 19.4. The quantitative estimate of drug-likeness (QED) is 0.861. The predicted molar refractivity (Wildman–Crippen MR) is 78.7 cm³/mol. The molecule has 1 aromatic heterocycles. The highest BCUT2D eigenvalue weighted by Crippen LogP contribution is 2.09. The van der Waals surface area contributed by atoms with E-state index in [4.69, 9.17) is 10.00 Å². The zero-order chi connectivity index (χ0) is 15.9. The average molecular weight is 291 g/mol. The molecule has 0 saturated carbocycles. The van der Waals surface area contributed by atoms with Crippen molar-refractivity contribution in [3.8, 4) is 6.07 Å². The summed E-state index contributed by atoms with van der Waals surface area (Å²) < 4.78 is 5.18. The van der Waals surface area contributed by atoms with Crippen LogP contribution in [0.5, 0.6) is 0 Å². The summed E-state index contributed by atoms with van der Waals surface area (Å²) in [6.45, 7) is 7.91. The van der Waals surface area contributed by atoms with Gasteiger partial charge in [0.2, 0.25) is 0 Å². The monoisotopic (exact) mass is 291 g/mol. The molecule has 2 N–H and O–H groups in total. The molecule has 0 aliphatic carbocycles. The molecule has 114 valence electrons. The van der Waals surface area contributed by atoms with Gasteiger partial charge in [-0.3, -0.25) is 0 Å². The molecule has 1 heterocycles. The Morgan fingerprint density at radius 3 is 2.86 bits per heavy atom. The van der Waals surface area contributed by atoms with Crippen LogP contribution in [0.15, 0.2) is 12.5 Å². The van der Waals surface area contributed by atoms with Gasteiger partial charge in [-0.2, -0.15) is 5.26 Å². The van der Waals surface area contributed by atoms with Crippen molar-refractivity contribution in [1.82, 2.24) is 15.3 Å². The number of alkyl carbamates (subject to hydrolysis) is 1. The van der Waals surface area contributed by atoms with Crippen LogP contribution in [0.4, 0.5) is 10.6 Å². The molecule has 0 spiro atoms. The van der Waals surface area contributed by atoms with Crippen LogP contribution in [-0.4, -0.2) is 34.2 Å². The smallest absolute Gasteiger partial charge is 0.407 e. The van der Waals surface area contributed by atoms with Gasteiger partial charge in [-0.15, -0.1) is 0 Å². The SMILES string of the molecule is C[C@H](CCNc1ncncc1C#N)NC(=O)OC(C)(C)C. The fourth-order valence-corrected chi connectivity index (χ4v) is 1.54. The van der Waals surface area contributed by atoms with E-state index in [9.17, 15) is 4.79 Å². The molecule has 1 aromatic rings. The topological polar surface area (TPSA) is 99.9 Å². The number of hydrogen-bond acceptors (Lipinski definition) is 6. The van der Waals surface area contributed by atoms with Crippen LogP contribution in [0.2, 0.25) is 0 Å².